The maximum absolute atomic E-state index is 10.6. The Morgan fingerprint density at radius 3 is 2.46 bits per heavy atom. The smallest absolute Gasteiger partial charge is 0.335 e. The zero-order chi connectivity index (χ0) is 9.84. The first-order valence-electron chi connectivity index (χ1n) is 3.44. The van der Waals surface area contributed by atoms with E-state index in [0.29, 0.717) is 0 Å². The van der Waals surface area contributed by atoms with Gasteiger partial charge in [-0.1, -0.05) is 0 Å². The van der Waals surface area contributed by atoms with E-state index >= 15 is 0 Å². The minimum Gasteiger partial charge on any atom is -0.478 e. The lowest BCUT2D eigenvalue weighted by Gasteiger charge is -2.00. The second-order valence-corrected chi connectivity index (χ2v) is 2.23. The molecular weight excluding hydrogens is 172 g/mol. The van der Waals surface area contributed by atoms with Crippen LogP contribution in [0.5, 0.6) is 0 Å². The number of carboxylic acid groups (broad SMARTS) is 1. The van der Waals surface area contributed by atoms with Crippen LogP contribution in [0.1, 0.15) is 6.92 Å². The summed E-state index contributed by atoms with van der Waals surface area (Å²) in [7, 11) is 0. The van der Waals surface area contributed by atoms with Crippen LogP contribution in [0.2, 0.25) is 0 Å². The van der Waals surface area contributed by atoms with Crippen LogP contribution in [0.4, 0.5) is 0 Å². The molecule has 0 bridgehead atoms. The first kappa shape index (κ1) is 9.11. The second-order valence-electron chi connectivity index (χ2n) is 2.23. The van der Waals surface area contributed by atoms with Crippen molar-refractivity contribution in [2.24, 2.45) is 4.99 Å². The second kappa shape index (κ2) is 3.61. The number of rotatable bonds is 3. The van der Waals surface area contributed by atoms with E-state index in [1.807, 2.05) is 0 Å². The van der Waals surface area contributed by atoms with Gasteiger partial charge in [0.05, 0.1) is 18.0 Å². The summed E-state index contributed by atoms with van der Waals surface area (Å²) in [5.74, 6) is -0.947. The highest BCUT2D eigenvalue weighted by Crippen LogP contribution is 2.08. The third-order valence-electron chi connectivity index (χ3n) is 1.41. The van der Waals surface area contributed by atoms with Crippen LogP contribution in [0, 0.1) is 0 Å². The lowest BCUT2D eigenvalue weighted by Crippen LogP contribution is -2.07. The lowest BCUT2D eigenvalue weighted by molar-refractivity contribution is -0.132. The summed E-state index contributed by atoms with van der Waals surface area (Å²) in [5, 5.41) is 16.2. The third kappa shape index (κ3) is 1.78. The van der Waals surface area contributed by atoms with Gasteiger partial charge in [-0.2, -0.15) is 10.2 Å². The van der Waals surface area contributed by atoms with E-state index in [2.05, 4.69) is 21.9 Å². The van der Waals surface area contributed by atoms with Gasteiger partial charge < -0.3 is 5.11 Å². The Balaban J connectivity index is 3.19. The maximum Gasteiger partial charge on any atom is 0.335 e. The summed E-state index contributed by atoms with van der Waals surface area (Å²) in [5.41, 5.74) is 0.0474. The zero-order valence-corrected chi connectivity index (χ0v) is 7.01. The van der Waals surface area contributed by atoms with Crippen LogP contribution < -0.4 is 0 Å². The normalized spacial score (nSPS) is 12.1. The van der Waals surface area contributed by atoms with Crippen molar-refractivity contribution in [2.45, 2.75) is 6.92 Å². The molecule has 0 saturated carbocycles. The van der Waals surface area contributed by atoms with Crippen molar-refractivity contribution in [3.8, 4) is 0 Å². The van der Waals surface area contributed by atoms with E-state index in [-0.39, 0.29) is 11.4 Å². The standard InChI is InChI=1S/C7H8N4O2/c1-5(7(12)13)6(8-2)11-9-3-4-10-11/h3-4H,2H2,1H3,(H,12,13)/b6-5-. The van der Waals surface area contributed by atoms with Crippen LogP contribution in [-0.4, -0.2) is 32.8 Å². The number of aliphatic imine (C=N–C) groups is 1. The van der Waals surface area contributed by atoms with E-state index in [9.17, 15) is 4.79 Å². The molecule has 1 heterocycles. The number of carbonyl (C=O) groups is 1. The Kier molecular flexibility index (Phi) is 2.53. The first-order chi connectivity index (χ1) is 6.16. The van der Waals surface area contributed by atoms with E-state index in [0.717, 1.165) is 4.80 Å². The van der Waals surface area contributed by atoms with Crippen molar-refractivity contribution < 1.29 is 9.90 Å². The molecule has 13 heavy (non-hydrogen) atoms. The number of carboxylic acids is 1. The Labute approximate surface area is 74.2 Å². The first-order valence-corrected chi connectivity index (χ1v) is 3.44. The summed E-state index contributed by atoms with van der Waals surface area (Å²) in [6, 6.07) is 0. The van der Waals surface area contributed by atoms with Gasteiger partial charge >= 0.3 is 5.97 Å². The quantitative estimate of drug-likeness (QED) is 0.534. The van der Waals surface area contributed by atoms with Crippen LogP contribution in [0.25, 0.3) is 5.82 Å². The summed E-state index contributed by atoms with van der Waals surface area (Å²) in [4.78, 5) is 15.2. The van der Waals surface area contributed by atoms with Gasteiger partial charge in [0.25, 0.3) is 0 Å². The molecule has 0 aliphatic rings. The number of hydrogen-bond donors (Lipinski definition) is 1. The van der Waals surface area contributed by atoms with Crippen molar-refractivity contribution in [3.05, 3.63) is 18.0 Å². The highest BCUT2D eigenvalue weighted by Gasteiger charge is 2.10. The molecule has 0 fully saturated rings. The molecule has 1 rings (SSSR count). The molecule has 1 aromatic rings. The predicted octanol–water partition coefficient (Wildman–Crippen LogP) is 0.252. The molecule has 0 aromatic carbocycles. The van der Waals surface area contributed by atoms with Crippen molar-refractivity contribution in [1.82, 2.24) is 15.0 Å². The predicted molar refractivity (Wildman–Crippen MR) is 46.1 cm³/mol. The number of aromatic nitrogens is 3. The molecule has 0 aliphatic heterocycles. The summed E-state index contributed by atoms with van der Waals surface area (Å²) < 4.78 is 0. The zero-order valence-electron chi connectivity index (χ0n) is 7.01. The molecule has 0 amide bonds. The summed E-state index contributed by atoms with van der Waals surface area (Å²) in [6.07, 6.45) is 2.86. The monoisotopic (exact) mass is 180 g/mol. The maximum atomic E-state index is 10.6. The molecule has 6 heteroatoms. The van der Waals surface area contributed by atoms with Crippen molar-refractivity contribution in [1.29, 1.82) is 0 Å². The fourth-order valence-corrected chi connectivity index (χ4v) is 0.753. The Hall–Kier alpha value is -1.98. The topological polar surface area (TPSA) is 80.4 Å². The molecule has 1 aromatic heterocycles. The molecular formula is C7H8N4O2. The average molecular weight is 180 g/mol. The van der Waals surface area contributed by atoms with Crippen molar-refractivity contribution >= 4 is 18.5 Å². The molecule has 0 unspecified atom stereocenters. The van der Waals surface area contributed by atoms with Gasteiger partial charge in [0.15, 0.2) is 5.82 Å². The molecule has 0 radical (unpaired) electrons. The third-order valence-corrected chi connectivity index (χ3v) is 1.41. The molecule has 0 spiro atoms. The fraction of sp³-hybridized carbons (Fsp3) is 0.143. The van der Waals surface area contributed by atoms with E-state index in [4.69, 9.17) is 5.11 Å². The molecule has 6 nitrogen and oxygen atoms in total. The van der Waals surface area contributed by atoms with Gasteiger partial charge in [0, 0.05) is 0 Å². The number of nitrogens with zero attached hydrogens (tertiary/aromatic N) is 4. The van der Waals surface area contributed by atoms with Crippen molar-refractivity contribution in [2.75, 3.05) is 0 Å². The van der Waals surface area contributed by atoms with E-state index < -0.39 is 5.97 Å². The van der Waals surface area contributed by atoms with Crippen molar-refractivity contribution in [3.63, 3.8) is 0 Å². The molecule has 0 saturated heterocycles. The van der Waals surface area contributed by atoms with Crippen LogP contribution in [0.15, 0.2) is 23.0 Å². The highest BCUT2D eigenvalue weighted by molar-refractivity contribution is 5.92. The van der Waals surface area contributed by atoms with Gasteiger partial charge in [-0.3, -0.25) is 0 Å². The van der Waals surface area contributed by atoms with Gasteiger partial charge in [0.1, 0.15) is 0 Å². The minimum atomic E-state index is -1.07. The summed E-state index contributed by atoms with van der Waals surface area (Å²) in [6.45, 7) is 4.66. The van der Waals surface area contributed by atoms with Gasteiger partial charge in [0.2, 0.25) is 0 Å². The SMILES string of the molecule is C=N/C(=C(\C)C(=O)O)n1nccn1. The van der Waals surface area contributed by atoms with Crippen LogP contribution in [-0.2, 0) is 4.79 Å². The Bertz CT molecular complexity index is 353. The van der Waals surface area contributed by atoms with Crippen LogP contribution in [0.3, 0.4) is 0 Å². The Morgan fingerprint density at radius 2 is 2.08 bits per heavy atom. The fourth-order valence-electron chi connectivity index (χ4n) is 0.753. The van der Waals surface area contributed by atoms with Crippen LogP contribution >= 0.6 is 0 Å². The minimum absolute atomic E-state index is 0.0474. The average Bonchev–Trinajstić information content (AvgIpc) is 2.58. The highest BCUT2D eigenvalue weighted by atomic mass is 16.4. The molecule has 0 aliphatic carbocycles. The molecule has 68 valence electrons. The largest absolute Gasteiger partial charge is 0.478 e. The molecule has 1 N–H and O–H groups in total. The van der Waals surface area contributed by atoms with E-state index in [1.54, 1.807) is 0 Å². The number of hydrogen-bond acceptors (Lipinski definition) is 4. The van der Waals surface area contributed by atoms with Gasteiger partial charge in [-0.25, -0.2) is 9.79 Å². The number of aliphatic carboxylic acids is 1. The van der Waals surface area contributed by atoms with E-state index in [1.165, 1.54) is 19.3 Å². The van der Waals surface area contributed by atoms with Gasteiger partial charge in [-0.05, 0) is 13.6 Å². The Morgan fingerprint density at radius 1 is 1.54 bits per heavy atom. The lowest BCUT2D eigenvalue weighted by atomic mass is 10.3. The summed E-state index contributed by atoms with van der Waals surface area (Å²) >= 11 is 0. The van der Waals surface area contributed by atoms with Gasteiger partial charge in [-0.15, -0.1) is 4.80 Å². The molecule has 0 atom stereocenters.